The molecule has 0 saturated carbocycles. The van der Waals surface area contributed by atoms with Crippen LogP contribution in [0.2, 0.25) is 0 Å². The highest BCUT2D eigenvalue weighted by atomic mass is 16.5. The van der Waals surface area contributed by atoms with E-state index in [4.69, 9.17) is 14.2 Å². The fraction of sp³-hybridized carbons (Fsp3) is 0.154. The minimum absolute atomic E-state index is 0.171. The van der Waals surface area contributed by atoms with E-state index in [9.17, 15) is 9.59 Å². The van der Waals surface area contributed by atoms with Crippen LogP contribution in [-0.4, -0.2) is 32.6 Å². The molecule has 2 N–H and O–H groups in total. The van der Waals surface area contributed by atoms with Crippen molar-refractivity contribution in [1.82, 2.24) is 5.32 Å². The average Bonchev–Trinajstić information content (AvgIpc) is 2.84. The van der Waals surface area contributed by atoms with Gasteiger partial charge in [-0.25, -0.2) is 0 Å². The lowest BCUT2D eigenvalue weighted by Gasteiger charge is -2.19. The monoisotopic (exact) mass is 444 g/mol. The van der Waals surface area contributed by atoms with Gasteiger partial charge in [0.05, 0.1) is 19.9 Å². The van der Waals surface area contributed by atoms with E-state index in [1.165, 1.54) is 0 Å². The van der Waals surface area contributed by atoms with Crippen molar-refractivity contribution in [3.8, 4) is 17.2 Å². The Morgan fingerprint density at radius 1 is 1.00 bits per heavy atom. The van der Waals surface area contributed by atoms with Crippen LogP contribution in [-0.2, 0) is 11.2 Å². The molecule has 168 valence electrons. The van der Waals surface area contributed by atoms with Crippen molar-refractivity contribution in [1.29, 1.82) is 0 Å². The third kappa shape index (κ3) is 5.15. The first-order valence-electron chi connectivity index (χ1n) is 10.5. The fourth-order valence-electron chi connectivity index (χ4n) is 3.44. The molecule has 1 heterocycles. The molecule has 2 amide bonds. The molecule has 0 spiro atoms. The summed E-state index contributed by atoms with van der Waals surface area (Å²) >= 11 is 0. The first kappa shape index (κ1) is 22.0. The number of fused-ring (bicyclic) bond motifs is 1. The molecule has 7 nitrogen and oxygen atoms in total. The van der Waals surface area contributed by atoms with Crippen LogP contribution < -0.4 is 24.8 Å². The Balaban J connectivity index is 1.35. The predicted molar refractivity (Wildman–Crippen MR) is 126 cm³/mol. The van der Waals surface area contributed by atoms with Crippen molar-refractivity contribution in [3.05, 3.63) is 89.2 Å². The van der Waals surface area contributed by atoms with E-state index in [2.05, 4.69) is 10.6 Å². The molecule has 7 heteroatoms. The Morgan fingerprint density at radius 2 is 1.76 bits per heavy atom. The van der Waals surface area contributed by atoms with E-state index in [0.717, 1.165) is 11.1 Å². The molecule has 1 aliphatic rings. The molecular weight excluding hydrogens is 420 g/mol. The van der Waals surface area contributed by atoms with Crippen molar-refractivity contribution in [2.45, 2.75) is 6.42 Å². The van der Waals surface area contributed by atoms with Gasteiger partial charge in [-0.1, -0.05) is 30.3 Å². The summed E-state index contributed by atoms with van der Waals surface area (Å²) in [4.78, 5) is 24.8. The number of carbonyl (C=O) groups excluding carboxylic acids is 2. The number of hydrogen-bond donors (Lipinski definition) is 2. The third-order valence-electron chi connectivity index (χ3n) is 5.20. The van der Waals surface area contributed by atoms with Gasteiger partial charge in [-0.05, 0) is 60.0 Å². The van der Waals surface area contributed by atoms with Gasteiger partial charge in [0, 0.05) is 12.1 Å². The molecule has 4 rings (SSSR count). The van der Waals surface area contributed by atoms with Crippen molar-refractivity contribution in [3.63, 3.8) is 0 Å². The lowest BCUT2D eigenvalue weighted by molar-refractivity contribution is -0.115. The number of methoxy groups -OCH3 is 2. The lowest BCUT2D eigenvalue weighted by Crippen LogP contribution is -2.25. The Labute approximate surface area is 192 Å². The Bertz CT molecular complexity index is 1200. The van der Waals surface area contributed by atoms with Crippen molar-refractivity contribution in [2.75, 3.05) is 26.1 Å². The van der Waals surface area contributed by atoms with Crippen LogP contribution in [0.5, 0.6) is 17.2 Å². The summed E-state index contributed by atoms with van der Waals surface area (Å²) in [5.41, 5.74) is 2.95. The highest BCUT2D eigenvalue weighted by Crippen LogP contribution is 2.31. The molecule has 0 unspecified atom stereocenters. The molecule has 0 radical (unpaired) electrons. The molecular formula is C26H24N2O5. The zero-order valence-corrected chi connectivity index (χ0v) is 18.4. The van der Waals surface area contributed by atoms with Gasteiger partial charge >= 0.3 is 0 Å². The average molecular weight is 444 g/mol. The van der Waals surface area contributed by atoms with Gasteiger partial charge in [0.2, 0.25) is 0 Å². The molecule has 1 aliphatic heterocycles. The van der Waals surface area contributed by atoms with Crippen LogP contribution >= 0.6 is 0 Å². The van der Waals surface area contributed by atoms with Crippen molar-refractivity contribution >= 4 is 23.6 Å². The molecule has 0 atom stereocenters. The van der Waals surface area contributed by atoms with Crippen LogP contribution in [0.4, 0.5) is 5.69 Å². The zero-order chi connectivity index (χ0) is 23.2. The van der Waals surface area contributed by atoms with E-state index in [1.54, 1.807) is 56.7 Å². The smallest absolute Gasteiger partial charge is 0.291 e. The number of carbonyl (C=O) groups is 2. The Kier molecular flexibility index (Phi) is 6.59. The van der Waals surface area contributed by atoms with E-state index in [-0.39, 0.29) is 17.6 Å². The van der Waals surface area contributed by atoms with Crippen LogP contribution in [0.3, 0.4) is 0 Å². The van der Waals surface area contributed by atoms with Gasteiger partial charge in [0.15, 0.2) is 23.0 Å². The molecule has 0 bridgehead atoms. The number of anilines is 1. The second-order valence-electron chi connectivity index (χ2n) is 7.38. The van der Waals surface area contributed by atoms with E-state index >= 15 is 0 Å². The number of rotatable bonds is 7. The SMILES string of the molecule is COc1ccc(CCNC(=O)c2ccc(C=C3Oc4ccccc4NC3=O)cc2)cc1OC. The summed E-state index contributed by atoms with van der Waals surface area (Å²) in [5.74, 6) is 1.63. The third-order valence-corrected chi connectivity index (χ3v) is 5.20. The van der Waals surface area contributed by atoms with E-state index in [1.807, 2.05) is 30.3 Å². The number of benzene rings is 3. The zero-order valence-electron chi connectivity index (χ0n) is 18.4. The second-order valence-corrected chi connectivity index (χ2v) is 7.38. The molecule has 33 heavy (non-hydrogen) atoms. The quantitative estimate of drug-likeness (QED) is 0.537. The predicted octanol–water partition coefficient (Wildman–Crippen LogP) is 4.05. The topological polar surface area (TPSA) is 85.9 Å². The van der Waals surface area contributed by atoms with Gasteiger partial charge in [-0.15, -0.1) is 0 Å². The highest BCUT2D eigenvalue weighted by molar-refractivity contribution is 6.08. The van der Waals surface area contributed by atoms with Crippen LogP contribution in [0.15, 0.2) is 72.5 Å². The van der Waals surface area contributed by atoms with Gasteiger partial charge in [0.25, 0.3) is 11.8 Å². The minimum Gasteiger partial charge on any atom is -0.493 e. The van der Waals surface area contributed by atoms with Crippen LogP contribution in [0.1, 0.15) is 21.5 Å². The maximum absolute atomic E-state index is 12.5. The summed E-state index contributed by atoms with van der Waals surface area (Å²) in [6.07, 6.45) is 2.30. The number of amides is 2. The van der Waals surface area contributed by atoms with Gasteiger partial charge in [0.1, 0.15) is 0 Å². The van der Waals surface area contributed by atoms with Crippen molar-refractivity contribution in [2.24, 2.45) is 0 Å². The van der Waals surface area contributed by atoms with E-state index in [0.29, 0.717) is 41.5 Å². The first-order valence-corrected chi connectivity index (χ1v) is 10.5. The largest absolute Gasteiger partial charge is 0.493 e. The number of hydrogen-bond acceptors (Lipinski definition) is 5. The summed E-state index contributed by atoms with van der Waals surface area (Å²) in [7, 11) is 3.18. The van der Waals surface area contributed by atoms with Crippen molar-refractivity contribution < 1.29 is 23.8 Å². The lowest BCUT2D eigenvalue weighted by atomic mass is 10.1. The van der Waals surface area contributed by atoms with Gasteiger partial charge in [-0.2, -0.15) is 0 Å². The summed E-state index contributed by atoms with van der Waals surface area (Å²) in [5, 5.41) is 5.72. The number of nitrogens with one attached hydrogen (secondary N) is 2. The summed E-state index contributed by atoms with van der Waals surface area (Å²) in [6.45, 7) is 0.480. The molecule has 0 saturated heterocycles. The maximum Gasteiger partial charge on any atom is 0.291 e. The molecule has 0 aromatic heterocycles. The van der Waals surface area contributed by atoms with Crippen LogP contribution in [0.25, 0.3) is 6.08 Å². The molecule has 0 fully saturated rings. The Morgan fingerprint density at radius 3 is 2.52 bits per heavy atom. The number of ether oxygens (including phenoxy) is 3. The minimum atomic E-state index is -0.314. The first-order chi connectivity index (χ1) is 16.1. The standard InChI is InChI=1S/C26H24N2O5/c1-31-22-12-9-18(15-23(22)32-2)13-14-27-25(29)19-10-7-17(8-11-19)16-24-26(30)28-20-5-3-4-6-21(20)33-24/h3-12,15-16H,13-14H2,1-2H3,(H,27,29)(H,28,30). The molecule has 3 aromatic rings. The Hall–Kier alpha value is -4.26. The maximum atomic E-state index is 12.5. The highest BCUT2D eigenvalue weighted by Gasteiger charge is 2.21. The van der Waals surface area contributed by atoms with Gasteiger partial charge < -0.3 is 24.8 Å². The summed E-state index contributed by atoms with van der Waals surface area (Å²) < 4.78 is 16.3. The van der Waals surface area contributed by atoms with Crippen LogP contribution in [0, 0.1) is 0 Å². The fourth-order valence-corrected chi connectivity index (χ4v) is 3.44. The van der Waals surface area contributed by atoms with Gasteiger partial charge in [-0.3, -0.25) is 9.59 Å². The normalized spacial score (nSPS) is 13.5. The molecule has 0 aliphatic carbocycles. The van der Waals surface area contributed by atoms with E-state index < -0.39 is 0 Å². The second kappa shape index (κ2) is 9.91. The molecule has 3 aromatic carbocycles. The number of para-hydroxylation sites is 2. The summed E-state index contributed by atoms with van der Waals surface area (Å²) in [6, 6.07) is 19.9.